The van der Waals surface area contributed by atoms with Crippen LogP contribution in [0.4, 0.5) is 0 Å². The summed E-state index contributed by atoms with van der Waals surface area (Å²) < 4.78 is 24.6. The van der Waals surface area contributed by atoms with E-state index in [4.69, 9.17) is 5.73 Å². The minimum atomic E-state index is -3.06. The fourth-order valence-electron chi connectivity index (χ4n) is 2.61. The molecule has 0 radical (unpaired) electrons. The molecular weight excluding hydrogens is 246 g/mol. The van der Waals surface area contributed by atoms with Crippen LogP contribution in [0.5, 0.6) is 0 Å². The summed E-state index contributed by atoms with van der Waals surface area (Å²) in [7, 11) is -3.06. The molecule has 0 heterocycles. The largest absolute Gasteiger partial charge is 0.323 e. The number of rotatable bonds is 4. The first-order valence-electron chi connectivity index (χ1n) is 6.62. The highest BCUT2D eigenvalue weighted by Crippen LogP contribution is 2.26. The van der Waals surface area contributed by atoms with Crippen LogP contribution in [0, 0.1) is 0 Å². The van der Waals surface area contributed by atoms with Gasteiger partial charge in [-0.1, -0.05) is 49.6 Å². The van der Waals surface area contributed by atoms with Gasteiger partial charge >= 0.3 is 0 Å². The van der Waals surface area contributed by atoms with Crippen molar-refractivity contribution in [3.8, 4) is 0 Å². The van der Waals surface area contributed by atoms with Crippen molar-refractivity contribution < 1.29 is 8.42 Å². The van der Waals surface area contributed by atoms with Crippen molar-refractivity contribution in [3.05, 3.63) is 35.9 Å². The fraction of sp³-hybridized carbons (Fsp3) is 0.571. The van der Waals surface area contributed by atoms with Crippen LogP contribution < -0.4 is 5.73 Å². The molecule has 1 aromatic carbocycles. The maximum absolute atomic E-state index is 12.3. The van der Waals surface area contributed by atoms with E-state index in [2.05, 4.69) is 0 Å². The van der Waals surface area contributed by atoms with E-state index >= 15 is 0 Å². The van der Waals surface area contributed by atoms with E-state index in [1.807, 2.05) is 30.3 Å². The lowest BCUT2D eigenvalue weighted by Crippen LogP contribution is -2.31. The maximum atomic E-state index is 12.3. The third-order valence-corrected chi connectivity index (χ3v) is 6.01. The second-order valence-corrected chi connectivity index (χ2v) is 7.43. The maximum Gasteiger partial charge on any atom is 0.155 e. The average molecular weight is 267 g/mol. The molecule has 4 heteroatoms. The van der Waals surface area contributed by atoms with Gasteiger partial charge in [0.1, 0.15) is 0 Å². The van der Waals surface area contributed by atoms with Gasteiger partial charge in [0.2, 0.25) is 0 Å². The number of sulfone groups is 1. The molecule has 1 fully saturated rings. The topological polar surface area (TPSA) is 60.2 Å². The molecule has 1 atom stereocenters. The van der Waals surface area contributed by atoms with Crippen LogP contribution in [-0.4, -0.2) is 19.4 Å². The molecule has 0 aromatic heterocycles. The SMILES string of the molecule is NC(CS(=O)(=O)C1CCCCC1)c1ccccc1. The number of hydrogen-bond acceptors (Lipinski definition) is 3. The first kappa shape index (κ1) is 13.6. The van der Waals surface area contributed by atoms with Crippen LogP contribution in [0.3, 0.4) is 0 Å². The quantitative estimate of drug-likeness (QED) is 0.911. The molecule has 0 spiro atoms. The highest BCUT2D eigenvalue weighted by molar-refractivity contribution is 7.92. The summed E-state index contributed by atoms with van der Waals surface area (Å²) in [4.78, 5) is 0. The summed E-state index contributed by atoms with van der Waals surface area (Å²) in [5.74, 6) is 0.0711. The van der Waals surface area contributed by atoms with Gasteiger partial charge in [0, 0.05) is 6.04 Å². The van der Waals surface area contributed by atoms with Crippen molar-refractivity contribution >= 4 is 9.84 Å². The Balaban J connectivity index is 2.03. The standard InChI is InChI=1S/C14H21NO2S/c15-14(12-7-3-1-4-8-12)11-18(16,17)13-9-5-2-6-10-13/h1,3-4,7-8,13-14H,2,5-6,9-11,15H2. The summed E-state index contributed by atoms with van der Waals surface area (Å²) in [5, 5.41) is -0.166. The summed E-state index contributed by atoms with van der Waals surface area (Å²) in [6.07, 6.45) is 4.85. The Morgan fingerprint density at radius 3 is 2.33 bits per heavy atom. The Labute approximate surface area is 109 Å². The van der Waals surface area contributed by atoms with E-state index in [0.29, 0.717) is 0 Å². The summed E-state index contributed by atoms with van der Waals surface area (Å²) in [6.45, 7) is 0. The molecular formula is C14H21NO2S. The smallest absolute Gasteiger partial charge is 0.155 e. The third kappa shape index (κ3) is 3.33. The Kier molecular flexibility index (Phi) is 4.40. The second kappa shape index (κ2) is 5.85. The van der Waals surface area contributed by atoms with Crippen molar-refractivity contribution in [2.24, 2.45) is 5.73 Å². The van der Waals surface area contributed by atoms with Gasteiger partial charge < -0.3 is 5.73 Å². The molecule has 18 heavy (non-hydrogen) atoms. The Morgan fingerprint density at radius 2 is 1.72 bits per heavy atom. The van der Waals surface area contributed by atoms with Gasteiger partial charge in [-0.2, -0.15) is 0 Å². The van der Waals surface area contributed by atoms with E-state index in [9.17, 15) is 8.42 Å². The van der Waals surface area contributed by atoms with Gasteiger partial charge in [0.25, 0.3) is 0 Å². The molecule has 1 unspecified atom stereocenters. The van der Waals surface area contributed by atoms with E-state index in [-0.39, 0.29) is 11.0 Å². The molecule has 1 aliphatic carbocycles. The molecule has 100 valence electrons. The van der Waals surface area contributed by atoms with Gasteiger partial charge in [-0.15, -0.1) is 0 Å². The van der Waals surface area contributed by atoms with Gasteiger partial charge in [-0.05, 0) is 18.4 Å². The van der Waals surface area contributed by atoms with Gasteiger partial charge in [0.05, 0.1) is 11.0 Å². The normalized spacial score (nSPS) is 19.6. The van der Waals surface area contributed by atoms with Gasteiger partial charge in [-0.3, -0.25) is 0 Å². The molecule has 1 aromatic rings. The van der Waals surface area contributed by atoms with Crippen LogP contribution in [0.15, 0.2) is 30.3 Å². The molecule has 1 saturated carbocycles. The Bertz CT molecular complexity index is 464. The zero-order valence-electron chi connectivity index (χ0n) is 10.6. The zero-order chi connectivity index (χ0) is 13.0. The number of nitrogens with two attached hydrogens (primary N) is 1. The van der Waals surface area contributed by atoms with Crippen molar-refractivity contribution in [1.82, 2.24) is 0 Å². The average Bonchev–Trinajstić information content (AvgIpc) is 2.40. The van der Waals surface area contributed by atoms with Crippen LogP contribution >= 0.6 is 0 Å². The van der Waals surface area contributed by atoms with Crippen LogP contribution in [-0.2, 0) is 9.84 Å². The minimum absolute atomic E-state index is 0.0711. The molecule has 3 nitrogen and oxygen atoms in total. The predicted octanol–water partition coefficient (Wildman–Crippen LogP) is 2.43. The summed E-state index contributed by atoms with van der Waals surface area (Å²) in [6, 6.07) is 9.07. The van der Waals surface area contributed by atoms with Crippen molar-refractivity contribution in [2.45, 2.75) is 43.4 Å². The van der Waals surface area contributed by atoms with E-state index in [1.54, 1.807) is 0 Å². The van der Waals surface area contributed by atoms with Crippen molar-refractivity contribution in [3.63, 3.8) is 0 Å². The zero-order valence-corrected chi connectivity index (χ0v) is 11.4. The third-order valence-electron chi connectivity index (χ3n) is 3.70. The molecule has 0 bridgehead atoms. The summed E-state index contributed by atoms with van der Waals surface area (Å²) in [5.41, 5.74) is 6.91. The van der Waals surface area contributed by atoms with Crippen LogP contribution in [0.25, 0.3) is 0 Å². The minimum Gasteiger partial charge on any atom is -0.323 e. The molecule has 0 amide bonds. The van der Waals surface area contributed by atoms with Crippen LogP contribution in [0.2, 0.25) is 0 Å². The molecule has 1 aliphatic rings. The van der Waals surface area contributed by atoms with Crippen molar-refractivity contribution in [1.29, 1.82) is 0 Å². The molecule has 0 saturated heterocycles. The second-order valence-electron chi connectivity index (χ2n) is 5.11. The number of benzene rings is 1. The monoisotopic (exact) mass is 267 g/mol. The molecule has 2 rings (SSSR count). The van der Waals surface area contributed by atoms with Crippen LogP contribution in [0.1, 0.15) is 43.7 Å². The molecule has 0 aliphatic heterocycles. The lowest BCUT2D eigenvalue weighted by molar-refractivity contribution is 0.481. The Morgan fingerprint density at radius 1 is 1.11 bits per heavy atom. The van der Waals surface area contributed by atoms with E-state index < -0.39 is 15.9 Å². The molecule has 2 N–H and O–H groups in total. The predicted molar refractivity (Wildman–Crippen MR) is 74.0 cm³/mol. The first-order chi connectivity index (χ1) is 8.59. The lowest BCUT2D eigenvalue weighted by Gasteiger charge is -2.23. The highest BCUT2D eigenvalue weighted by Gasteiger charge is 2.29. The first-order valence-corrected chi connectivity index (χ1v) is 8.33. The van der Waals surface area contributed by atoms with E-state index in [0.717, 1.165) is 37.7 Å². The van der Waals surface area contributed by atoms with Gasteiger partial charge in [0.15, 0.2) is 9.84 Å². The summed E-state index contributed by atoms with van der Waals surface area (Å²) >= 11 is 0. The Hall–Kier alpha value is -0.870. The highest BCUT2D eigenvalue weighted by atomic mass is 32.2. The fourth-order valence-corrected chi connectivity index (χ4v) is 4.62. The number of hydrogen-bond donors (Lipinski definition) is 1. The van der Waals surface area contributed by atoms with E-state index in [1.165, 1.54) is 0 Å². The van der Waals surface area contributed by atoms with Crippen molar-refractivity contribution in [2.75, 3.05) is 5.75 Å². The lowest BCUT2D eigenvalue weighted by atomic mass is 10.0. The van der Waals surface area contributed by atoms with Gasteiger partial charge in [-0.25, -0.2) is 8.42 Å².